The van der Waals surface area contributed by atoms with Gasteiger partial charge in [-0.25, -0.2) is 13.4 Å². The third kappa shape index (κ3) is 4.08. The Labute approximate surface area is 188 Å². The SMILES string of the molecule is Cc1cc(NC(=O)c2ccc(S(=O)(=O)C(C)C)cc2)n(-c2nc3c(Cl)cccc3s2)n1. The molecular weight excluding hydrogens is 456 g/mol. The van der Waals surface area contributed by atoms with Gasteiger partial charge in [-0.05, 0) is 57.2 Å². The highest BCUT2D eigenvalue weighted by Crippen LogP contribution is 2.31. The molecule has 0 saturated carbocycles. The number of thiazole rings is 1. The van der Waals surface area contributed by atoms with Crippen LogP contribution in [0.5, 0.6) is 0 Å². The minimum atomic E-state index is -3.40. The molecule has 31 heavy (non-hydrogen) atoms. The number of hydrogen-bond acceptors (Lipinski definition) is 6. The molecule has 2 aromatic carbocycles. The van der Waals surface area contributed by atoms with Crippen molar-refractivity contribution < 1.29 is 13.2 Å². The van der Waals surface area contributed by atoms with Crippen molar-refractivity contribution in [1.29, 1.82) is 0 Å². The molecule has 0 radical (unpaired) electrons. The number of aromatic nitrogens is 3. The molecule has 1 N–H and O–H groups in total. The molecule has 4 rings (SSSR count). The molecule has 0 saturated heterocycles. The van der Waals surface area contributed by atoms with Gasteiger partial charge in [-0.2, -0.15) is 9.78 Å². The maximum Gasteiger partial charge on any atom is 0.256 e. The molecule has 0 aliphatic heterocycles. The van der Waals surface area contributed by atoms with Crippen LogP contribution in [-0.2, 0) is 9.84 Å². The molecule has 0 fully saturated rings. The minimum Gasteiger partial charge on any atom is -0.306 e. The first-order chi connectivity index (χ1) is 14.7. The Morgan fingerprint density at radius 2 is 1.87 bits per heavy atom. The Hall–Kier alpha value is -2.75. The lowest BCUT2D eigenvalue weighted by molar-refractivity contribution is 0.102. The number of aryl methyl sites for hydroxylation is 1. The van der Waals surface area contributed by atoms with E-state index in [-0.39, 0.29) is 10.8 Å². The fourth-order valence-corrected chi connectivity index (χ4v) is 5.28. The summed E-state index contributed by atoms with van der Waals surface area (Å²) in [7, 11) is -3.40. The van der Waals surface area contributed by atoms with Gasteiger partial charge in [0.25, 0.3) is 5.91 Å². The van der Waals surface area contributed by atoms with E-state index in [2.05, 4.69) is 15.4 Å². The van der Waals surface area contributed by atoms with Crippen LogP contribution in [0.4, 0.5) is 5.82 Å². The van der Waals surface area contributed by atoms with Gasteiger partial charge in [-0.15, -0.1) is 0 Å². The summed E-state index contributed by atoms with van der Waals surface area (Å²) in [6.45, 7) is 5.06. The van der Waals surface area contributed by atoms with Gasteiger partial charge in [-0.1, -0.05) is 29.0 Å². The van der Waals surface area contributed by atoms with Crippen LogP contribution in [0.3, 0.4) is 0 Å². The zero-order valence-electron chi connectivity index (χ0n) is 17.0. The van der Waals surface area contributed by atoms with Crippen LogP contribution >= 0.6 is 22.9 Å². The largest absolute Gasteiger partial charge is 0.306 e. The Bertz CT molecular complexity index is 1390. The molecule has 2 heterocycles. The highest BCUT2D eigenvalue weighted by molar-refractivity contribution is 7.92. The number of carbonyl (C=O) groups is 1. The van der Waals surface area contributed by atoms with Gasteiger partial charge in [0.05, 0.1) is 25.6 Å². The molecule has 10 heteroatoms. The lowest BCUT2D eigenvalue weighted by Gasteiger charge is -2.09. The predicted octanol–water partition coefficient (Wildman–Crippen LogP) is 4.88. The first kappa shape index (κ1) is 21.5. The molecular formula is C21H19ClN4O3S2. The van der Waals surface area contributed by atoms with E-state index in [1.807, 2.05) is 19.1 Å². The first-order valence-corrected chi connectivity index (χ1v) is 12.2. The van der Waals surface area contributed by atoms with Crippen molar-refractivity contribution in [3.63, 3.8) is 0 Å². The van der Waals surface area contributed by atoms with Gasteiger partial charge >= 0.3 is 0 Å². The predicted molar refractivity (Wildman–Crippen MR) is 123 cm³/mol. The molecule has 0 aliphatic carbocycles. The van der Waals surface area contributed by atoms with Gasteiger partial charge in [-0.3, -0.25) is 4.79 Å². The number of amides is 1. The second kappa shape index (κ2) is 8.07. The van der Waals surface area contributed by atoms with Gasteiger partial charge in [0.15, 0.2) is 9.84 Å². The lowest BCUT2D eigenvalue weighted by atomic mass is 10.2. The molecule has 0 unspecified atom stereocenters. The molecule has 2 aromatic heterocycles. The van der Waals surface area contributed by atoms with Gasteiger partial charge in [0.2, 0.25) is 5.13 Å². The quantitative estimate of drug-likeness (QED) is 0.445. The number of para-hydroxylation sites is 1. The van der Waals surface area contributed by atoms with Crippen molar-refractivity contribution in [3.8, 4) is 5.13 Å². The van der Waals surface area contributed by atoms with Crippen LogP contribution in [0.15, 0.2) is 53.4 Å². The number of anilines is 1. The average Bonchev–Trinajstić information content (AvgIpc) is 3.32. The van der Waals surface area contributed by atoms with E-state index >= 15 is 0 Å². The van der Waals surface area contributed by atoms with E-state index < -0.39 is 15.1 Å². The van der Waals surface area contributed by atoms with E-state index in [1.54, 1.807) is 30.7 Å². The van der Waals surface area contributed by atoms with E-state index in [0.717, 1.165) is 4.70 Å². The maximum atomic E-state index is 12.8. The minimum absolute atomic E-state index is 0.186. The Kier molecular flexibility index (Phi) is 5.59. The van der Waals surface area contributed by atoms with Gasteiger partial charge in [0, 0.05) is 11.6 Å². The lowest BCUT2D eigenvalue weighted by Crippen LogP contribution is -2.16. The van der Waals surface area contributed by atoms with Crippen LogP contribution in [0.2, 0.25) is 5.02 Å². The summed E-state index contributed by atoms with van der Waals surface area (Å²) in [5.41, 5.74) is 1.72. The van der Waals surface area contributed by atoms with E-state index in [1.165, 1.54) is 35.6 Å². The standard InChI is InChI=1S/C21H19ClN4O3S2/c1-12(2)31(28,29)15-9-7-14(8-10-15)20(27)23-18-11-13(3)25-26(18)21-24-19-16(22)5-4-6-17(19)30-21/h4-12H,1-3H3,(H,23,27). The van der Waals surface area contributed by atoms with Crippen LogP contribution in [0.1, 0.15) is 29.9 Å². The van der Waals surface area contributed by atoms with E-state index in [9.17, 15) is 13.2 Å². The molecule has 0 atom stereocenters. The normalized spacial score (nSPS) is 11.9. The fraction of sp³-hybridized carbons (Fsp3) is 0.190. The number of carbonyl (C=O) groups excluding carboxylic acids is 1. The number of hydrogen-bond donors (Lipinski definition) is 1. The van der Waals surface area contributed by atoms with Crippen molar-refractivity contribution in [1.82, 2.24) is 14.8 Å². The van der Waals surface area contributed by atoms with Crippen LogP contribution in [-0.4, -0.2) is 34.3 Å². The van der Waals surface area contributed by atoms with Gasteiger partial charge in [0.1, 0.15) is 11.3 Å². The Morgan fingerprint density at radius 1 is 1.16 bits per heavy atom. The zero-order valence-corrected chi connectivity index (χ0v) is 19.3. The molecule has 1 amide bonds. The number of nitrogens with one attached hydrogen (secondary N) is 1. The van der Waals surface area contributed by atoms with Crippen LogP contribution in [0.25, 0.3) is 15.3 Å². The summed E-state index contributed by atoms with van der Waals surface area (Å²) < 4.78 is 27.0. The smallest absolute Gasteiger partial charge is 0.256 e. The fourth-order valence-electron chi connectivity index (χ4n) is 2.98. The molecule has 7 nitrogen and oxygen atoms in total. The molecule has 4 aromatic rings. The second-order valence-corrected chi connectivity index (χ2v) is 11.2. The summed E-state index contributed by atoms with van der Waals surface area (Å²) in [6, 6.07) is 13.2. The summed E-state index contributed by atoms with van der Waals surface area (Å²) in [6.07, 6.45) is 0. The molecule has 0 spiro atoms. The van der Waals surface area contributed by atoms with Crippen LogP contribution in [0, 0.1) is 6.92 Å². The molecule has 0 aliphatic rings. The number of sulfone groups is 1. The van der Waals surface area contributed by atoms with Crippen LogP contribution < -0.4 is 5.32 Å². The maximum absolute atomic E-state index is 12.8. The summed E-state index contributed by atoms with van der Waals surface area (Å²) in [5, 5.41) is 7.86. The topological polar surface area (TPSA) is 94.0 Å². The summed E-state index contributed by atoms with van der Waals surface area (Å²) >= 11 is 7.64. The highest BCUT2D eigenvalue weighted by Gasteiger charge is 2.20. The van der Waals surface area contributed by atoms with Gasteiger partial charge < -0.3 is 5.32 Å². The number of benzene rings is 2. The van der Waals surface area contributed by atoms with E-state index in [0.29, 0.717) is 32.7 Å². The number of rotatable bonds is 5. The number of nitrogens with zero attached hydrogens (tertiary/aromatic N) is 3. The Morgan fingerprint density at radius 3 is 2.52 bits per heavy atom. The highest BCUT2D eigenvalue weighted by atomic mass is 35.5. The third-order valence-corrected chi connectivity index (χ3v) is 8.15. The zero-order chi connectivity index (χ0) is 22.3. The molecule has 0 bridgehead atoms. The molecule has 160 valence electrons. The summed E-state index contributed by atoms with van der Waals surface area (Å²) in [4.78, 5) is 17.5. The summed E-state index contributed by atoms with van der Waals surface area (Å²) in [5.74, 6) is 0.0744. The number of fused-ring (bicyclic) bond motifs is 1. The monoisotopic (exact) mass is 474 g/mol. The third-order valence-electron chi connectivity index (χ3n) is 4.68. The van der Waals surface area contributed by atoms with Crippen molar-refractivity contribution in [2.24, 2.45) is 0 Å². The van der Waals surface area contributed by atoms with Crippen molar-refractivity contribution in [2.45, 2.75) is 30.9 Å². The van der Waals surface area contributed by atoms with Crippen molar-refractivity contribution >= 4 is 54.7 Å². The van der Waals surface area contributed by atoms with Crippen molar-refractivity contribution in [2.75, 3.05) is 5.32 Å². The number of halogens is 1. The van der Waals surface area contributed by atoms with E-state index in [4.69, 9.17) is 11.6 Å². The average molecular weight is 475 g/mol. The first-order valence-electron chi connectivity index (χ1n) is 9.44. The van der Waals surface area contributed by atoms with Crippen molar-refractivity contribution in [3.05, 3.63) is 64.8 Å². The second-order valence-electron chi connectivity index (χ2n) is 7.24. The Balaban J connectivity index is 1.63.